The van der Waals surface area contributed by atoms with Gasteiger partial charge in [-0.2, -0.15) is 13.2 Å². The minimum atomic E-state index is -4.52. The number of nitrogens with one attached hydrogen (secondary N) is 1. The molecule has 0 saturated heterocycles. The Labute approximate surface area is 130 Å². The summed E-state index contributed by atoms with van der Waals surface area (Å²) in [5.41, 5.74) is -0.248. The first-order valence-electron chi connectivity index (χ1n) is 6.59. The number of ether oxygens (including phenoxy) is 1. The molecule has 0 fully saturated rings. The van der Waals surface area contributed by atoms with Crippen LogP contribution in [0.1, 0.15) is 11.1 Å². The number of hydrogen-bond donors (Lipinski definition) is 1. The van der Waals surface area contributed by atoms with Gasteiger partial charge < -0.3 is 10.1 Å². The number of para-hydroxylation sites is 1. The molecule has 0 spiro atoms. The van der Waals surface area contributed by atoms with Gasteiger partial charge in [-0.15, -0.1) is 0 Å². The van der Waals surface area contributed by atoms with Gasteiger partial charge in [-0.3, -0.25) is 4.79 Å². The van der Waals surface area contributed by atoms with Gasteiger partial charge in [-0.25, -0.2) is 4.98 Å². The van der Waals surface area contributed by atoms with Gasteiger partial charge >= 0.3 is 6.18 Å². The summed E-state index contributed by atoms with van der Waals surface area (Å²) in [5.74, 6) is -0.682. The molecule has 1 aromatic carbocycles. The Morgan fingerprint density at radius 1 is 1.30 bits per heavy atom. The number of halogens is 3. The van der Waals surface area contributed by atoms with Crippen molar-refractivity contribution in [2.24, 2.45) is 0 Å². The molecular weight excluding hydrogens is 309 g/mol. The van der Waals surface area contributed by atoms with Crippen molar-refractivity contribution in [2.45, 2.75) is 12.7 Å². The lowest BCUT2D eigenvalue weighted by Gasteiger charge is -2.13. The van der Waals surface area contributed by atoms with E-state index in [0.29, 0.717) is 5.56 Å². The fraction of sp³-hybridized carbons (Fsp3) is 0.125. The Morgan fingerprint density at radius 2 is 2.04 bits per heavy atom. The van der Waals surface area contributed by atoms with Crippen molar-refractivity contribution in [1.82, 2.24) is 10.3 Å². The number of benzene rings is 1. The molecule has 0 bridgehead atoms. The van der Waals surface area contributed by atoms with Crippen LogP contribution in [0.3, 0.4) is 0 Å². The van der Waals surface area contributed by atoms with Gasteiger partial charge in [0.1, 0.15) is 5.75 Å². The van der Waals surface area contributed by atoms with E-state index in [2.05, 4.69) is 16.9 Å². The molecule has 0 atom stereocenters. The smallest absolute Gasteiger partial charge is 0.419 e. The summed E-state index contributed by atoms with van der Waals surface area (Å²) in [6.45, 7) is 3.51. The van der Waals surface area contributed by atoms with E-state index in [4.69, 9.17) is 4.74 Å². The number of pyridine rings is 1. The molecule has 120 valence electrons. The molecular formula is C16H13F3N2O2. The predicted octanol–water partition coefficient (Wildman–Crippen LogP) is 3.69. The third-order valence-electron chi connectivity index (χ3n) is 2.86. The van der Waals surface area contributed by atoms with Crippen LogP contribution in [0.15, 0.2) is 55.3 Å². The van der Waals surface area contributed by atoms with Crippen molar-refractivity contribution in [3.05, 3.63) is 66.4 Å². The van der Waals surface area contributed by atoms with Crippen LogP contribution in [0.25, 0.3) is 0 Å². The summed E-state index contributed by atoms with van der Waals surface area (Å²) < 4.78 is 44.0. The number of amides is 1. The van der Waals surface area contributed by atoms with E-state index in [9.17, 15) is 18.0 Å². The van der Waals surface area contributed by atoms with Crippen LogP contribution in [-0.4, -0.2) is 10.9 Å². The largest absolute Gasteiger partial charge is 0.438 e. The normalized spacial score (nSPS) is 10.9. The maximum absolute atomic E-state index is 12.9. The minimum Gasteiger partial charge on any atom is -0.438 e. The quantitative estimate of drug-likeness (QED) is 0.854. The topological polar surface area (TPSA) is 51.2 Å². The fourth-order valence-electron chi connectivity index (χ4n) is 1.78. The van der Waals surface area contributed by atoms with E-state index in [-0.39, 0.29) is 24.1 Å². The van der Waals surface area contributed by atoms with Crippen molar-refractivity contribution >= 4 is 5.91 Å². The van der Waals surface area contributed by atoms with E-state index >= 15 is 0 Å². The summed E-state index contributed by atoms with van der Waals surface area (Å²) in [7, 11) is 0. The molecule has 0 aliphatic carbocycles. The number of hydrogen-bond acceptors (Lipinski definition) is 3. The SMILES string of the molecule is C=CC(=O)NCc1ccnc(Oc2ccccc2C(F)(F)F)c1. The number of nitrogens with zero attached hydrogens (tertiary/aromatic N) is 1. The summed E-state index contributed by atoms with van der Waals surface area (Å²) in [6, 6.07) is 7.95. The third kappa shape index (κ3) is 4.57. The van der Waals surface area contributed by atoms with Crippen LogP contribution in [-0.2, 0) is 17.5 Å². The molecule has 23 heavy (non-hydrogen) atoms. The molecule has 7 heteroatoms. The zero-order valence-corrected chi connectivity index (χ0v) is 11.9. The van der Waals surface area contributed by atoms with Crippen molar-refractivity contribution in [3.8, 4) is 11.6 Å². The third-order valence-corrected chi connectivity index (χ3v) is 2.86. The first kappa shape index (κ1) is 16.5. The average molecular weight is 322 g/mol. The average Bonchev–Trinajstić information content (AvgIpc) is 2.52. The summed E-state index contributed by atoms with van der Waals surface area (Å²) in [4.78, 5) is 15.0. The summed E-state index contributed by atoms with van der Waals surface area (Å²) >= 11 is 0. The standard InChI is InChI=1S/C16H13F3N2O2/c1-2-14(22)21-10-11-7-8-20-15(9-11)23-13-6-4-3-5-12(13)16(17,18)19/h2-9H,1,10H2,(H,21,22). The molecule has 0 aliphatic rings. The van der Waals surface area contributed by atoms with E-state index in [0.717, 1.165) is 12.1 Å². The van der Waals surface area contributed by atoms with Crippen LogP contribution in [0, 0.1) is 0 Å². The summed E-state index contributed by atoms with van der Waals surface area (Å²) in [6.07, 6.45) is -2.01. The first-order chi connectivity index (χ1) is 10.9. The van der Waals surface area contributed by atoms with Gasteiger partial charge in [0.2, 0.25) is 11.8 Å². The van der Waals surface area contributed by atoms with E-state index in [1.165, 1.54) is 30.5 Å². The lowest BCUT2D eigenvalue weighted by molar-refractivity contribution is -0.138. The molecule has 1 heterocycles. The number of carbonyl (C=O) groups is 1. The second kappa shape index (κ2) is 6.95. The van der Waals surface area contributed by atoms with Crippen molar-refractivity contribution in [1.29, 1.82) is 0 Å². The molecule has 1 N–H and O–H groups in total. The lowest BCUT2D eigenvalue weighted by Crippen LogP contribution is -2.19. The Balaban J connectivity index is 2.18. The molecule has 0 saturated carbocycles. The highest BCUT2D eigenvalue weighted by Gasteiger charge is 2.34. The Bertz CT molecular complexity index is 714. The molecule has 0 radical (unpaired) electrons. The summed E-state index contributed by atoms with van der Waals surface area (Å²) in [5, 5.41) is 2.56. The van der Waals surface area contributed by atoms with E-state index in [1.807, 2.05) is 0 Å². The van der Waals surface area contributed by atoms with E-state index in [1.54, 1.807) is 6.07 Å². The molecule has 1 aromatic heterocycles. The number of alkyl halides is 3. The highest BCUT2D eigenvalue weighted by molar-refractivity contribution is 5.86. The molecule has 2 aromatic rings. The first-order valence-corrected chi connectivity index (χ1v) is 6.59. The highest BCUT2D eigenvalue weighted by Crippen LogP contribution is 2.37. The maximum atomic E-state index is 12.9. The maximum Gasteiger partial charge on any atom is 0.419 e. The number of rotatable bonds is 5. The van der Waals surface area contributed by atoms with Crippen LogP contribution in [0.5, 0.6) is 11.6 Å². The Morgan fingerprint density at radius 3 is 2.74 bits per heavy atom. The number of aromatic nitrogens is 1. The van der Waals surface area contributed by atoms with Crippen LogP contribution < -0.4 is 10.1 Å². The predicted molar refractivity (Wildman–Crippen MR) is 77.8 cm³/mol. The molecule has 1 amide bonds. The Hall–Kier alpha value is -2.83. The molecule has 0 aliphatic heterocycles. The van der Waals surface area contributed by atoms with Gasteiger partial charge in [-0.05, 0) is 29.8 Å². The Kier molecular flexibility index (Phi) is 5.00. The second-order valence-electron chi connectivity index (χ2n) is 4.52. The van der Waals surface area contributed by atoms with Gasteiger partial charge in [0.25, 0.3) is 0 Å². The second-order valence-corrected chi connectivity index (χ2v) is 4.52. The molecule has 4 nitrogen and oxygen atoms in total. The van der Waals surface area contributed by atoms with Gasteiger partial charge in [-0.1, -0.05) is 18.7 Å². The van der Waals surface area contributed by atoms with Crippen molar-refractivity contribution in [3.63, 3.8) is 0 Å². The van der Waals surface area contributed by atoms with Gasteiger partial charge in [0, 0.05) is 18.8 Å². The highest BCUT2D eigenvalue weighted by atomic mass is 19.4. The number of carbonyl (C=O) groups excluding carboxylic acids is 1. The van der Waals surface area contributed by atoms with E-state index < -0.39 is 11.7 Å². The van der Waals surface area contributed by atoms with Crippen molar-refractivity contribution in [2.75, 3.05) is 0 Å². The van der Waals surface area contributed by atoms with Crippen LogP contribution in [0.2, 0.25) is 0 Å². The zero-order valence-electron chi connectivity index (χ0n) is 11.9. The zero-order chi connectivity index (χ0) is 16.9. The van der Waals surface area contributed by atoms with Crippen molar-refractivity contribution < 1.29 is 22.7 Å². The monoisotopic (exact) mass is 322 g/mol. The fourth-order valence-corrected chi connectivity index (χ4v) is 1.78. The molecule has 0 unspecified atom stereocenters. The lowest BCUT2D eigenvalue weighted by atomic mass is 10.2. The molecule has 2 rings (SSSR count). The van der Waals surface area contributed by atoms with Gasteiger partial charge in [0.05, 0.1) is 5.56 Å². The van der Waals surface area contributed by atoms with Gasteiger partial charge in [0.15, 0.2) is 0 Å². The minimum absolute atomic E-state index is 0.00653. The van der Waals surface area contributed by atoms with Crippen LogP contribution >= 0.6 is 0 Å². The van der Waals surface area contributed by atoms with Crippen LogP contribution in [0.4, 0.5) is 13.2 Å².